The van der Waals surface area contributed by atoms with Crippen molar-refractivity contribution in [3.05, 3.63) is 22.4 Å². The molecule has 1 atom stereocenters. The summed E-state index contributed by atoms with van der Waals surface area (Å²) in [6.45, 7) is 10.6. The maximum Gasteiger partial charge on any atom is 0.234 e. The minimum Gasteiger partial charge on any atom is -0.345 e. The van der Waals surface area contributed by atoms with E-state index in [1.165, 1.54) is 11.8 Å². The summed E-state index contributed by atoms with van der Waals surface area (Å²) in [6, 6.07) is 3.97. The molecule has 1 heterocycles. The Balaban J connectivity index is 2.62. The minimum atomic E-state index is -0.395. The van der Waals surface area contributed by atoms with E-state index in [1.807, 2.05) is 25.3 Å². The van der Waals surface area contributed by atoms with Gasteiger partial charge in [-0.25, -0.2) is 0 Å². The average Bonchev–Trinajstić information content (AvgIpc) is 2.87. The van der Waals surface area contributed by atoms with Crippen LogP contribution in [0.1, 0.15) is 39.5 Å². The van der Waals surface area contributed by atoms with Gasteiger partial charge in [0.1, 0.15) is 0 Å². The number of hydrogen-bond acceptors (Lipinski definition) is 4. The van der Waals surface area contributed by atoms with E-state index in [0.717, 1.165) is 6.54 Å². The van der Waals surface area contributed by atoms with E-state index in [2.05, 4.69) is 30.1 Å². The number of carbonyl (C=O) groups excluding carboxylic acids is 2. The van der Waals surface area contributed by atoms with Gasteiger partial charge in [-0.05, 0) is 38.1 Å². The molecule has 0 aliphatic carbocycles. The Hall–Kier alpha value is -1.20. The smallest absolute Gasteiger partial charge is 0.234 e. The van der Waals surface area contributed by atoms with Crippen LogP contribution in [0.5, 0.6) is 0 Å². The van der Waals surface area contributed by atoms with Gasteiger partial charge in [-0.2, -0.15) is 0 Å². The van der Waals surface area contributed by atoms with Gasteiger partial charge in [-0.3, -0.25) is 14.5 Å². The Morgan fingerprint density at radius 3 is 2.38 bits per heavy atom. The molecule has 4 nitrogen and oxygen atoms in total. The molecule has 5 heteroatoms. The topological polar surface area (TPSA) is 49.4 Å². The van der Waals surface area contributed by atoms with Crippen molar-refractivity contribution in [2.45, 2.75) is 53.2 Å². The van der Waals surface area contributed by atoms with Crippen molar-refractivity contribution in [1.29, 1.82) is 0 Å². The first kappa shape index (κ1) is 17.9. The lowest BCUT2D eigenvalue weighted by molar-refractivity contribution is -0.128. The van der Waals surface area contributed by atoms with Crippen LogP contribution in [0.4, 0.5) is 0 Å². The van der Waals surface area contributed by atoms with Gasteiger partial charge in [0.2, 0.25) is 5.91 Å². The molecule has 0 fully saturated rings. The number of hydrogen-bond donors (Lipinski definition) is 1. The number of carbonyl (C=O) groups is 2. The summed E-state index contributed by atoms with van der Waals surface area (Å²) in [6.07, 6.45) is 0. The molecule has 1 unspecified atom stereocenters. The van der Waals surface area contributed by atoms with Crippen molar-refractivity contribution >= 4 is 23.0 Å². The highest BCUT2D eigenvalue weighted by Crippen LogP contribution is 2.13. The molecule has 0 aliphatic rings. The molecule has 0 aliphatic heterocycles. The van der Waals surface area contributed by atoms with Crippen molar-refractivity contribution in [2.75, 3.05) is 6.54 Å². The molecule has 0 spiro atoms. The summed E-state index contributed by atoms with van der Waals surface area (Å²) in [7, 11) is 0. The number of rotatable bonds is 8. The fourth-order valence-electron chi connectivity index (χ4n) is 2.17. The quantitative estimate of drug-likeness (QED) is 0.803. The number of ketones is 1. The number of nitrogens with one attached hydrogen (secondary N) is 1. The fourth-order valence-corrected chi connectivity index (χ4v) is 2.89. The predicted molar refractivity (Wildman–Crippen MR) is 87.3 cm³/mol. The zero-order chi connectivity index (χ0) is 16.0. The first-order valence-electron chi connectivity index (χ1n) is 7.37. The van der Waals surface area contributed by atoms with Crippen LogP contribution in [-0.4, -0.2) is 35.2 Å². The molecule has 21 heavy (non-hydrogen) atoms. The lowest BCUT2D eigenvalue weighted by Gasteiger charge is -2.27. The minimum absolute atomic E-state index is 0.00713. The molecule has 1 amide bonds. The maximum atomic E-state index is 12.2. The Kier molecular flexibility index (Phi) is 7.05. The Bertz CT molecular complexity index is 455. The Labute approximate surface area is 131 Å². The standard InChI is InChI=1S/C16H26N2O2S/c1-11(2)16(13(5)19)17-15(20)10-18(12(3)4)9-14-7-6-8-21-14/h6-8,11-12,16H,9-10H2,1-5H3,(H,17,20). The highest BCUT2D eigenvalue weighted by atomic mass is 32.1. The molecule has 0 bridgehead atoms. The Morgan fingerprint density at radius 2 is 1.95 bits per heavy atom. The summed E-state index contributed by atoms with van der Waals surface area (Å²) in [5, 5.41) is 4.89. The molecule has 118 valence electrons. The van der Waals surface area contributed by atoms with E-state index >= 15 is 0 Å². The monoisotopic (exact) mass is 310 g/mol. The highest BCUT2D eigenvalue weighted by Gasteiger charge is 2.22. The second kappa shape index (κ2) is 8.29. The normalized spacial score (nSPS) is 13.0. The molecule has 0 radical (unpaired) electrons. The largest absolute Gasteiger partial charge is 0.345 e. The van der Waals surface area contributed by atoms with Gasteiger partial charge < -0.3 is 5.32 Å². The van der Waals surface area contributed by atoms with Gasteiger partial charge in [0.15, 0.2) is 5.78 Å². The highest BCUT2D eigenvalue weighted by molar-refractivity contribution is 7.09. The molecular weight excluding hydrogens is 284 g/mol. The van der Waals surface area contributed by atoms with E-state index in [-0.39, 0.29) is 23.7 Å². The molecular formula is C16H26N2O2S. The summed E-state index contributed by atoms with van der Waals surface area (Å²) < 4.78 is 0. The van der Waals surface area contributed by atoms with E-state index in [4.69, 9.17) is 0 Å². The predicted octanol–water partition coefficient (Wildman–Crippen LogP) is 2.69. The van der Waals surface area contributed by atoms with Gasteiger partial charge in [-0.15, -0.1) is 11.3 Å². The summed E-state index contributed by atoms with van der Waals surface area (Å²) in [4.78, 5) is 27.1. The molecule has 1 N–H and O–H groups in total. The van der Waals surface area contributed by atoms with E-state index in [9.17, 15) is 9.59 Å². The molecule has 0 saturated carbocycles. The number of thiophene rings is 1. The molecule has 1 rings (SSSR count). The van der Waals surface area contributed by atoms with Gasteiger partial charge in [-0.1, -0.05) is 19.9 Å². The van der Waals surface area contributed by atoms with Gasteiger partial charge >= 0.3 is 0 Å². The van der Waals surface area contributed by atoms with Crippen molar-refractivity contribution in [3.63, 3.8) is 0 Å². The second-order valence-corrected chi connectivity index (χ2v) is 7.01. The molecule has 1 aromatic rings. The molecule has 1 aromatic heterocycles. The zero-order valence-electron chi connectivity index (χ0n) is 13.6. The summed E-state index contributed by atoms with van der Waals surface area (Å²) >= 11 is 1.69. The van der Waals surface area contributed by atoms with Crippen LogP contribution in [0.15, 0.2) is 17.5 Å². The van der Waals surface area contributed by atoms with Gasteiger partial charge in [0.05, 0.1) is 12.6 Å². The van der Waals surface area contributed by atoms with Crippen LogP contribution in [0.3, 0.4) is 0 Å². The third-order valence-corrected chi connectivity index (χ3v) is 4.30. The summed E-state index contributed by atoms with van der Waals surface area (Å²) in [5.41, 5.74) is 0. The summed E-state index contributed by atoms with van der Waals surface area (Å²) in [5.74, 6) is 0.0260. The van der Waals surface area contributed by atoms with Crippen molar-refractivity contribution in [2.24, 2.45) is 5.92 Å². The first-order valence-corrected chi connectivity index (χ1v) is 8.25. The van der Waals surface area contributed by atoms with E-state index in [0.29, 0.717) is 6.54 Å². The SMILES string of the molecule is CC(=O)C(NC(=O)CN(Cc1cccs1)C(C)C)C(C)C. The average molecular weight is 310 g/mol. The van der Waals surface area contributed by atoms with Crippen molar-refractivity contribution < 1.29 is 9.59 Å². The lowest BCUT2D eigenvalue weighted by atomic mass is 10.0. The Morgan fingerprint density at radius 1 is 1.29 bits per heavy atom. The second-order valence-electron chi connectivity index (χ2n) is 5.98. The third kappa shape index (κ3) is 5.98. The van der Waals surface area contributed by atoms with Crippen LogP contribution in [0, 0.1) is 5.92 Å². The van der Waals surface area contributed by atoms with E-state index < -0.39 is 6.04 Å². The fraction of sp³-hybridized carbons (Fsp3) is 0.625. The first-order chi connectivity index (χ1) is 9.81. The van der Waals surface area contributed by atoms with Crippen LogP contribution in [-0.2, 0) is 16.1 Å². The maximum absolute atomic E-state index is 12.2. The van der Waals surface area contributed by atoms with Gasteiger partial charge in [0, 0.05) is 17.5 Å². The van der Waals surface area contributed by atoms with Crippen molar-refractivity contribution in [3.8, 4) is 0 Å². The zero-order valence-corrected chi connectivity index (χ0v) is 14.4. The van der Waals surface area contributed by atoms with Crippen molar-refractivity contribution in [1.82, 2.24) is 10.2 Å². The van der Waals surface area contributed by atoms with Crippen LogP contribution in [0.2, 0.25) is 0 Å². The van der Waals surface area contributed by atoms with E-state index in [1.54, 1.807) is 11.3 Å². The van der Waals surface area contributed by atoms with Gasteiger partial charge in [0.25, 0.3) is 0 Å². The number of Topliss-reactive ketones (excluding diaryl/α,β-unsaturated/α-hetero) is 1. The van der Waals surface area contributed by atoms with Crippen LogP contribution < -0.4 is 5.32 Å². The lowest BCUT2D eigenvalue weighted by Crippen LogP contribution is -2.48. The molecule has 0 saturated heterocycles. The third-order valence-electron chi connectivity index (χ3n) is 3.44. The molecule has 0 aromatic carbocycles. The number of nitrogens with zero attached hydrogens (tertiary/aromatic N) is 1. The van der Waals surface area contributed by atoms with Crippen LogP contribution in [0.25, 0.3) is 0 Å². The van der Waals surface area contributed by atoms with Crippen LogP contribution >= 0.6 is 11.3 Å². The number of amides is 1.